The molecule has 2 rings (SSSR count). The molecule has 0 heteroatoms. The van der Waals surface area contributed by atoms with E-state index in [0.29, 0.717) is 11.8 Å². The van der Waals surface area contributed by atoms with E-state index in [1.54, 1.807) is 0 Å². The zero-order valence-corrected chi connectivity index (χ0v) is 15.0. The smallest absolute Gasteiger partial charge is 0.00143 e. The van der Waals surface area contributed by atoms with Crippen molar-refractivity contribution in [3.63, 3.8) is 0 Å². The molecule has 0 nitrogen and oxygen atoms in total. The lowest BCUT2D eigenvalue weighted by atomic mass is 9.95. The van der Waals surface area contributed by atoms with Gasteiger partial charge in [-0.05, 0) is 37.3 Å². The molecular formula is C23H30. The van der Waals surface area contributed by atoms with Crippen LogP contribution in [0.15, 0.2) is 85.0 Å². The van der Waals surface area contributed by atoms with Crippen molar-refractivity contribution < 1.29 is 0 Å². The van der Waals surface area contributed by atoms with E-state index >= 15 is 0 Å². The zero-order valence-electron chi connectivity index (χ0n) is 15.0. The second kappa shape index (κ2) is 9.84. The summed E-state index contributed by atoms with van der Waals surface area (Å²) in [5.41, 5.74) is 5.23. The van der Waals surface area contributed by atoms with Gasteiger partial charge in [0.25, 0.3) is 0 Å². The van der Waals surface area contributed by atoms with Crippen LogP contribution in [0.2, 0.25) is 0 Å². The molecule has 0 spiro atoms. The summed E-state index contributed by atoms with van der Waals surface area (Å²) in [6.45, 7) is 16.4. The predicted octanol–water partition coefficient (Wildman–Crippen LogP) is 6.81. The third-order valence-corrected chi connectivity index (χ3v) is 4.26. The molecule has 0 N–H and O–H groups in total. The first kappa shape index (κ1) is 19.0. The van der Waals surface area contributed by atoms with Crippen molar-refractivity contribution in [2.75, 3.05) is 0 Å². The summed E-state index contributed by atoms with van der Waals surface area (Å²) >= 11 is 0. The lowest BCUT2D eigenvalue weighted by Crippen LogP contribution is -1.99. The van der Waals surface area contributed by atoms with Gasteiger partial charge < -0.3 is 0 Å². The molecule has 23 heavy (non-hydrogen) atoms. The molecule has 0 saturated carbocycles. The fraction of sp³-hybridized carbons (Fsp3) is 0.304. The van der Waals surface area contributed by atoms with Gasteiger partial charge in [-0.15, -0.1) is 0 Å². The molecule has 0 heterocycles. The molecule has 0 radical (unpaired) electrons. The summed E-state index contributed by atoms with van der Waals surface area (Å²) in [7, 11) is 0. The van der Waals surface area contributed by atoms with Crippen LogP contribution < -0.4 is 0 Å². The van der Waals surface area contributed by atoms with E-state index in [-0.39, 0.29) is 0 Å². The van der Waals surface area contributed by atoms with Crippen molar-refractivity contribution in [2.24, 2.45) is 5.92 Å². The van der Waals surface area contributed by atoms with E-state index in [1.165, 1.54) is 22.3 Å². The minimum absolute atomic E-state index is 0.483. The molecule has 0 saturated heterocycles. The summed E-state index contributed by atoms with van der Waals surface area (Å²) in [5, 5.41) is 0. The molecule has 0 aliphatic carbocycles. The zero-order chi connectivity index (χ0) is 17.2. The van der Waals surface area contributed by atoms with Crippen LogP contribution in [0.4, 0.5) is 0 Å². The van der Waals surface area contributed by atoms with Crippen LogP contribution >= 0.6 is 0 Å². The standard InChI is InChI=1S/C12H16.C11H14/c1-10(2)11(3)9-12-7-5-4-6-8-12;1-9(2)10(3)11-7-5-4-6-8-11/h4-8,11H,1,9H2,2-3H3;4-8,10H,1H2,2-3H3. The summed E-state index contributed by atoms with van der Waals surface area (Å²) in [6, 6.07) is 21.0. The van der Waals surface area contributed by atoms with Crippen molar-refractivity contribution in [3.8, 4) is 0 Å². The van der Waals surface area contributed by atoms with Crippen LogP contribution in [0.3, 0.4) is 0 Å². The highest BCUT2D eigenvalue weighted by atomic mass is 14.1. The topological polar surface area (TPSA) is 0 Å². The molecule has 0 fully saturated rings. The highest BCUT2D eigenvalue weighted by Gasteiger charge is 2.03. The van der Waals surface area contributed by atoms with Crippen LogP contribution in [0.5, 0.6) is 0 Å². The SMILES string of the molecule is C=C(C)C(C)Cc1ccccc1.C=C(C)C(C)c1ccccc1. The Hall–Kier alpha value is -2.08. The van der Waals surface area contributed by atoms with Crippen molar-refractivity contribution in [1.29, 1.82) is 0 Å². The minimum atomic E-state index is 0.483. The predicted molar refractivity (Wildman–Crippen MR) is 104 cm³/mol. The molecule has 2 unspecified atom stereocenters. The Labute approximate surface area is 142 Å². The Kier molecular flexibility index (Phi) is 8.11. The molecule has 2 aromatic rings. The molecule has 122 valence electrons. The summed E-state index contributed by atoms with van der Waals surface area (Å²) in [5.74, 6) is 1.07. The lowest BCUT2D eigenvalue weighted by Gasteiger charge is -2.10. The normalized spacial score (nSPS) is 12.5. The maximum atomic E-state index is 3.95. The van der Waals surface area contributed by atoms with Crippen molar-refractivity contribution in [3.05, 3.63) is 96.1 Å². The van der Waals surface area contributed by atoms with E-state index in [4.69, 9.17) is 0 Å². The van der Waals surface area contributed by atoms with E-state index in [2.05, 4.69) is 95.5 Å². The van der Waals surface area contributed by atoms with Gasteiger partial charge in [0.2, 0.25) is 0 Å². The maximum absolute atomic E-state index is 3.95. The fourth-order valence-electron chi connectivity index (χ4n) is 2.17. The van der Waals surface area contributed by atoms with E-state index in [9.17, 15) is 0 Å². The Morgan fingerprint density at radius 3 is 1.70 bits per heavy atom. The molecule has 0 aliphatic rings. The van der Waals surface area contributed by atoms with Crippen molar-refractivity contribution in [2.45, 2.75) is 40.0 Å². The number of benzene rings is 2. The second-order valence-corrected chi connectivity index (χ2v) is 6.42. The van der Waals surface area contributed by atoms with Crippen LogP contribution in [-0.2, 0) is 6.42 Å². The molecule has 0 aliphatic heterocycles. The van der Waals surface area contributed by atoms with Crippen molar-refractivity contribution >= 4 is 0 Å². The number of allylic oxidation sites excluding steroid dienone is 2. The number of hydrogen-bond donors (Lipinski definition) is 0. The molecule has 0 amide bonds. The Morgan fingerprint density at radius 1 is 0.783 bits per heavy atom. The van der Waals surface area contributed by atoms with Gasteiger partial charge in [0.1, 0.15) is 0 Å². The monoisotopic (exact) mass is 306 g/mol. The van der Waals surface area contributed by atoms with Gasteiger partial charge >= 0.3 is 0 Å². The Balaban J connectivity index is 0.000000231. The highest BCUT2D eigenvalue weighted by Crippen LogP contribution is 2.20. The second-order valence-electron chi connectivity index (χ2n) is 6.42. The van der Waals surface area contributed by atoms with Gasteiger partial charge in [0, 0.05) is 5.92 Å². The Morgan fingerprint density at radius 2 is 1.26 bits per heavy atom. The molecule has 0 aromatic heterocycles. The first-order valence-electron chi connectivity index (χ1n) is 8.31. The van der Waals surface area contributed by atoms with E-state index in [1.807, 2.05) is 6.07 Å². The molecule has 0 bridgehead atoms. The summed E-state index contributed by atoms with van der Waals surface area (Å²) < 4.78 is 0. The largest absolute Gasteiger partial charge is 0.0999 e. The van der Waals surface area contributed by atoms with E-state index in [0.717, 1.165) is 6.42 Å². The lowest BCUT2D eigenvalue weighted by molar-refractivity contribution is 0.680. The summed E-state index contributed by atoms with van der Waals surface area (Å²) in [6.07, 6.45) is 1.11. The number of hydrogen-bond acceptors (Lipinski definition) is 0. The van der Waals surface area contributed by atoms with Crippen LogP contribution in [-0.4, -0.2) is 0 Å². The minimum Gasteiger partial charge on any atom is -0.0999 e. The van der Waals surface area contributed by atoms with Gasteiger partial charge in [0.05, 0.1) is 0 Å². The van der Waals surface area contributed by atoms with Crippen LogP contribution in [0.25, 0.3) is 0 Å². The first-order chi connectivity index (χ1) is 10.9. The van der Waals surface area contributed by atoms with Crippen LogP contribution in [0.1, 0.15) is 44.7 Å². The molecule has 2 atom stereocenters. The third kappa shape index (κ3) is 7.15. The molecule has 2 aromatic carbocycles. The third-order valence-electron chi connectivity index (χ3n) is 4.26. The first-order valence-corrected chi connectivity index (χ1v) is 8.31. The fourth-order valence-corrected chi connectivity index (χ4v) is 2.17. The maximum Gasteiger partial charge on any atom is 0.00143 e. The van der Waals surface area contributed by atoms with Gasteiger partial charge in [0.15, 0.2) is 0 Å². The van der Waals surface area contributed by atoms with Gasteiger partial charge in [-0.25, -0.2) is 0 Å². The Bertz CT molecular complexity index is 592. The average Bonchev–Trinajstić information content (AvgIpc) is 2.56. The van der Waals surface area contributed by atoms with Gasteiger partial charge in [-0.1, -0.05) is 98.8 Å². The average molecular weight is 306 g/mol. The number of rotatable bonds is 5. The van der Waals surface area contributed by atoms with Crippen molar-refractivity contribution in [1.82, 2.24) is 0 Å². The quantitative estimate of drug-likeness (QED) is 0.532. The summed E-state index contributed by atoms with van der Waals surface area (Å²) in [4.78, 5) is 0. The van der Waals surface area contributed by atoms with Gasteiger partial charge in [-0.3, -0.25) is 0 Å². The highest BCUT2D eigenvalue weighted by molar-refractivity contribution is 5.25. The van der Waals surface area contributed by atoms with E-state index < -0.39 is 0 Å². The van der Waals surface area contributed by atoms with Crippen LogP contribution in [0, 0.1) is 5.92 Å². The van der Waals surface area contributed by atoms with Gasteiger partial charge in [-0.2, -0.15) is 0 Å². The molecular weight excluding hydrogens is 276 g/mol.